The van der Waals surface area contributed by atoms with Gasteiger partial charge in [0.05, 0.1) is 6.26 Å². The van der Waals surface area contributed by atoms with E-state index >= 15 is 0 Å². The van der Waals surface area contributed by atoms with Gasteiger partial charge >= 0.3 is 11.9 Å². The highest BCUT2D eigenvalue weighted by atomic mass is 16.5. The minimum Gasteiger partial charge on any atom is -0.478 e. The molecule has 0 radical (unpaired) electrons. The zero-order valence-electron chi connectivity index (χ0n) is 18.0. The van der Waals surface area contributed by atoms with Crippen molar-refractivity contribution in [1.82, 2.24) is 0 Å². The molecule has 0 fully saturated rings. The molecule has 0 aliphatic heterocycles. The first kappa shape index (κ1) is 26.4. The molecule has 1 N–H and O–H groups in total. The van der Waals surface area contributed by atoms with Gasteiger partial charge in [-0.15, -0.1) is 0 Å². The summed E-state index contributed by atoms with van der Waals surface area (Å²) >= 11 is 0. The maximum Gasteiger partial charge on any atom is 0.335 e. The van der Waals surface area contributed by atoms with Gasteiger partial charge in [-0.1, -0.05) is 103 Å². The van der Waals surface area contributed by atoms with Crippen LogP contribution >= 0.6 is 0 Å². The van der Waals surface area contributed by atoms with Crippen LogP contribution in [-0.4, -0.2) is 17.0 Å². The van der Waals surface area contributed by atoms with E-state index in [2.05, 4.69) is 6.92 Å². The van der Waals surface area contributed by atoms with Crippen molar-refractivity contribution in [2.75, 3.05) is 0 Å². The molecule has 0 atom stereocenters. The fourth-order valence-electron chi connectivity index (χ4n) is 3.17. The molecule has 0 aromatic carbocycles. The van der Waals surface area contributed by atoms with E-state index in [9.17, 15) is 9.59 Å². The Kier molecular flexibility index (Phi) is 20.5. The maximum absolute atomic E-state index is 11.1. The van der Waals surface area contributed by atoms with Gasteiger partial charge in [-0.25, -0.2) is 9.59 Å². The van der Waals surface area contributed by atoms with Crippen LogP contribution in [0.3, 0.4) is 0 Å². The van der Waals surface area contributed by atoms with Crippen LogP contribution in [0.25, 0.3) is 0 Å². The molecule has 0 rings (SSSR count). The summed E-state index contributed by atoms with van der Waals surface area (Å²) in [5.41, 5.74) is 0. The van der Waals surface area contributed by atoms with Crippen molar-refractivity contribution in [1.29, 1.82) is 0 Å². The average molecular weight is 395 g/mol. The quantitative estimate of drug-likeness (QED) is 0.102. The largest absolute Gasteiger partial charge is 0.478 e. The van der Waals surface area contributed by atoms with Crippen molar-refractivity contribution in [3.8, 4) is 0 Å². The lowest BCUT2D eigenvalue weighted by molar-refractivity contribution is -0.134. The average Bonchev–Trinajstić information content (AvgIpc) is 2.68. The topological polar surface area (TPSA) is 63.6 Å². The third-order valence-electron chi connectivity index (χ3n) is 4.87. The Labute approximate surface area is 172 Å². The number of unbranched alkanes of at least 4 members (excludes halogenated alkanes) is 16. The Morgan fingerprint density at radius 1 is 0.679 bits per heavy atom. The standard InChI is InChI=1S/C24H42O4/c1-2-3-4-5-6-7-8-9-10-11-12-13-14-15-16-17-18-19-22-28-24(27)21-20-23(25)26/h19-22H,2-18H2,1H3,(H,25,26)/b21-20+,22-19?. The van der Waals surface area contributed by atoms with Crippen LogP contribution in [0, 0.1) is 0 Å². The van der Waals surface area contributed by atoms with Gasteiger partial charge in [0.15, 0.2) is 0 Å². The smallest absolute Gasteiger partial charge is 0.335 e. The number of hydrogen-bond donors (Lipinski definition) is 1. The molecule has 0 bridgehead atoms. The van der Waals surface area contributed by atoms with E-state index in [0.29, 0.717) is 0 Å². The summed E-state index contributed by atoms with van der Waals surface area (Å²) in [6.45, 7) is 2.27. The summed E-state index contributed by atoms with van der Waals surface area (Å²) in [7, 11) is 0. The molecular formula is C24H42O4. The molecule has 0 amide bonds. The van der Waals surface area contributed by atoms with E-state index in [1.807, 2.05) is 6.08 Å². The van der Waals surface area contributed by atoms with Gasteiger partial charge < -0.3 is 9.84 Å². The molecule has 0 aliphatic rings. The fourth-order valence-corrected chi connectivity index (χ4v) is 3.17. The second kappa shape index (κ2) is 21.7. The summed E-state index contributed by atoms with van der Waals surface area (Å²) in [5, 5.41) is 8.38. The molecule has 0 aromatic heterocycles. The lowest BCUT2D eigenvalue weighted by Gasteiger charge is -2.03. The van der Waals surface area contributed by atoms with E-state index in [-0.39, 0.29) is 0 Å². The third kappa shape index (κ3) is 22.5. The molecular weight excluding hydrogens is 352 g/mol. The van der Waals surface area contributed by atoms with Crippen LogP contribution in [0.2, 0.25) is 0 Å². The van der Waals surface area contributed by atoms with Crippen LogP contribution in [0.15, 0.2) is 24.5 Å². The number of aliphatic carboxylic acids is 1. The molecule has 28 heavy (non-hydrogen) atoms. The van der Waals surface area contributed by atoms with Crippen LogP contribution in [0.1, 0.15) is 116 Å². The summed E-state index contributed by atoms with van der Waals surface area (Å²) in [5.74, 6) is -1.82. The Hall–Kier alpha value is -1.58. The van der Waals surface area contributed by atoms with Crippen molar-refractivity contribution < 1.29 is 19.4 Å². The van der Waals surface area contributed by atoms with Crippen LogP contribution in [0.5, 0.6) is 0 Å². The molecule has 0 unspecified atom stereocenters. The number of carboxylic acids is 1. The molecule has 4 heteroatoms. The molecule has 0 saturated carbocycles. The van der Waals surface area contributed by atoms with Crippen molar-refractivity contribution in [3.63, 3.8) is 0 Å². The van der Waals surface area contributed by atoms with Crippen LogP contribution in [-0.2, 0) is 14.3 Å². The number of rotatable bonds is 20. The summed E-state index contributed by atoms with van der Waals surface area (Å²) in [6, 6.07) is 0. The van der Waals surface area contributed by atoms with E-state index in [1.165, 1.54) is 103 Å². The van der Waals surface area contributed by atoms with Crippen LogP contribution in [0.4, 0.5) is 0 Å². The number of hydrogen-bond acceptors (Lipinski definition) is 3. The Balaban J connectivity index is 3.20. The lowest BCUT2D eigenvalue weighted by atomic mass is 10.0. The summed E-state index contributed by atoms with van der Waals surface area (Å²) in [6.07, 6.45) is 27.4. The highest BCUT2D eigenvalue weighted by Gasteiger charge is 1.96. The van der Waals surface area contributed by atoms with E-state index < -0.39 is 11.9 Å². The van der Waals surface area contributed by atoms with Gasteiger partial charge in [-0.3, -0.25) is 0 Å². The molecule has 0 saturated heterocycles. The first-order chi connectivity index (χ1) is 13.7. The second-order valence-corrected chi connectivity index (χ2v) is 7.57. The van der Waals surface area contributed by atoms with E-state index in [1.54, 1.807) is 0 Å². The SMILES string of the molecule is CCCCCCCCCCCCCCCCCCC=COC(=O)/C=C/C(=O)O. The summed E-state index contributed by atoms with van der Waals surface area (Å²) in [4.78, 5) is 21.3. The number of carbonyl (C=O) groups excluding carboxylic acids is 1. The zero-order chi connectivity index (χ0) is 20.7. The number of allylic oxidation sites excluding steroid dienone is 1. The predicted molar refractivity (Wildman–Crippen MR) is 116 cm³/mol. The Morgan fingerprint density at radius 3 is 1.54 bits per heavy atom. The predicted octanol–water partition coefficient (Wildman–Crippen LogP) is 7.34. The number of ether oxygens (including phenoxy) is 1. The monoisotopic (exact) mass is 394 g/mol. The van der Waals surface area contributed by atoms with E-state index in [0.717, 1.165) is 25.0 Å². The minimum absolute atomic E-state index is 0.661. The molecule has 0 spiro atoms. The number of carbonyl (C=O) groups is 2. The lowest BCUT2D eigenvalue weighted by Crippen LogP contribution is -1.96. The normalized spacial score (nSPS) is 11.5. The first-order valence-corrected chi connectivity index (χ1v) is 11.4. The van der Waals surface area contributed by atoms with Gasteiger partial charge in [0, 0.05) is 12.2 Å². The molecule has 162 valence electrons. The molecule has 4 nitrogen and oxygen atoms in total. The Bertz CT molecular complexity index is 426. The minimum atomic E-state index is -1.16. The summed E-state index contributed by atoms with van der Waals surface area (Å²) < 4.78 is 4.75. The molecule has 0 heterocycles. The van der Waals surface area contributed by atoms with Gasteiger partial charge in [0.25, 0.3) is 0 Å². The van der Waals surface area contributed by atoms with Gasteiger partial charge in [-0.2, -0.15) is 0 Å². The van der Waals surface area contributed by atoms with Crippen molar-refractivity contribution in [3.05, 3.63) is 24.5 Å². The highest BCUT2D eigenvalue weighted by Crippen LogP contribution is 2.14. The molecule has 0 aromatic rings. The maximum atomic E-state index is 11.1. The fraction of sp³-hybridized carbons (Fsp3) is 0.750. The van der Waals surface area contributed by atoms with E-state index in [4.69, 9.17) is 9.84 Å². The van der Waals surface area contributed by atoms with Crippen molar-refractivity contribution in [2.24, 2.45) is 0 Å². The number of esters is 1. The van der Waals surface area contributed by atoms with Gasteiger partial charge in [-0.05, 0) is 18.9 Å². The third-order valence-corrected chi connectivity index (χ3v) is 4.87. The Morgan fingerprint density at radius 2 is 1.11 bits per heavy atom. The first-order valence-electron chi connectivity index (χ1n) is 11.4. The van der Waals surface area contributed by atoms with Crippen molar-refractivity contribution >= 4 is 11.9 Å². The van der Waals surface area contributed by atoms with Crippen molar-refractivity contribution in [2.45, 2.75) is 116 Å². The highest BCUT2D eigenvalue weighted by molar-refractivity contribution is 5.90. The number of carboxylic acid groups (broad SMARTS) is 1. The molecule has 0 aliphatic carbocycles. The zero-order valence-corrected chi connectivity index (χ0v) is 18.0. The second-order valence-electron chi connectivity index (χ2n) is 7.57. The van der Waals surface area contributed by atoms with Gasteiger partial charge in [0.1, 0.15) is 0 Å². The van der Waals surface area contributed by atoms with Gasteiger partial charge in [0.2, 0.25) is 0 Å². The van der Waals surface area contributed by atoms with Crippen LogP contribution < -0.4 is 0 Å².